The summed E-state index contributed by atoms with van der Waals surface area (Å²) < 4.78 is -0.591. The van der Waals surface area contributed by atoms with Crippen molar-refractivity contribution < 1.29 is 0 Å². The van der Waals surface area contributed by atoms with Crippen LogP contribution in [-0.4, -0.2) is 3.54 Å². The highest BCUT2D eigenvalue weighted by Gasteiger charge is 2.13. The molecule has 0 spiro atoms. The molecule has 0 radical (unpaired) electrons. The van der Waals surface area contributed by atoms with E-state index in [1.165, 1.54) is 25.7 Å². The van der Waals surface area contributed by atoms with Gasteiger partial charge >= 0.3 is 0 Å². The highest BCUT2D eigenvalue weighted by Crippen LogP contribution is 2.30. The Bertz CT molecular complexity index is 88.6. The van der Waals surface area contributed by atoms with Crippen LogP contribution in [0.1, 0.15) is 45.4 Å². The predicted octanol–water partition coefficient (Wildman–Crippen LogP) is 4.10. The van der Waals surface area contributed by atoms with Crippen molar-refractivity contribution in [1.82, 2.24) is 0 Å². The fourth-order valence-corrected chi connectivity index (χ4v) is 1.40. The van der Waals surface area contributed by atoms with E-state index in [2.05, 4.69) is 32.2 Å². The van der Waals surface area contributed by atoms with Gasteiger partial charge in [-0.25, -0.2) is 0 Å². The molecule has 0 aromatic rings. The third-order valence-corrected chi connectivity index (χ3v) is 2.23. The summed E-state index contributed by atoms with van der Waals surface area (Å²) >= 11 is 14.0. The Balaban J connectivity index is 3.02. The highest BCUT2D eigenvalue weighted by atomic mass is 35.5. The van der Waals surface area contributed by atoms with Gasteiger partial charge < -0.3 is 0 Å². The van der Waals surface area contributed by atoms with E-state index in [0.717, 1.165) is 12.8 Å². The van der Waals surface area contributed by atoms with Crippen LogP contribution >= 0.6 is 36.9 Å². The predicted molar refractivity (Wildman–Crippen MR) is 59.9 cm³/mol. The molecular weight excluding hydrogens is 196 g/mol. The summed E-state index contributed by atoms with van der Waals surface area (Å²) in [5, 5.41) is 0. The maximum Gasteiger partial charge on any atom is 0.129 e. The molecule has 3 heteroatoms. The molecule has 0 N–H and O–H groups in total. The normalized spacial score (nSPS) is 12.0. The summed E-state index contributed by atoms with van der Waals surface area (Å²) in [5.74, 6) is 0. The van der Waals surface area contributed by atoms with E-state index in [-0.39, 0.29) is 0 Å². The van der Waals surface area contributed by atoms with E-state index in [1.54, 1.807) is 0 Å². The van der Waals surface area contributed by atoms with E-state index in [0.29, 0.717) is 0 Å². The summed E-state index contributed by atoms with van der Waals surface area (Å²) in [6, 6.07) is 0. The van der Waals surface area contributed by atoms with Crippen molar-refractivity contribution in [2.45, 2.75) is 49.0 Å². The van der Waals surface area contributed by atoms with Gasteiger partial charge in [-0.2, -0.15) is 0 Å². The molecule has 68 valence electrons. The molecule has 0 saturated carbocycles. The molecule has 0 nitrogen and oxygen atoms in total. The van der Waals surface area contributed by atoms with Crippen molar-refractivity contribution in [3.8, 4) is 0 Å². The second kappa shape index (κ2) is 6.50. The molecule has 0 rings (SSSR count). The van der Waals surface area contributed by atoms with Gasteiger partial charge in [0, 0.05) is 0 Å². The summed E-state index contributed by atoms with van der Waals surface area (Å²) in [6.45, 7) is 2.21. The summed E-state index contributed by atoms with van der Waals surface area (Å²) in [6.07, 6.45) is 7.19. The Morgan fingerprint density at radius 1 is 1.09 bits per heavy atom. The molecule has 11 heavy (non-hydrogen) atoms. The van der Waals surface area contributed by atoms with Crippen molar-refractivity contribution in [2.75, 3.05) is 0 Å². The van der Waals surface area contributed by atoms with Crippen molar-refractivity contribution in [3.63, 3.8) is 0 Å². The molecule has 0 amide bonds. The average molecular weight is 213 g/mol. The molecule has 0 aliphatic heterocycles. The van der Waals surface area contributed by atoms with Gasteiger partial charge in [0.05, 0.1) is 0 Å². The third-order valence-electron chi connectivity index (χ3n) is 1.60. The first-order chi connectivity index (χ1) is 5.06. The van der Waals surface area contributed by atoms with Crippen LogP contribution in [0.4, 0.5) is 0 Å². The van der Waals surface area contributed by atoms with Gasteiger partial charge in [0.1, 0.15) is 3.54 Å². The lowest BCUT2D eigenvalue weighted by atomic mass is 10.1. The number of hydrogen-bond acceptors (Lipinski definition) is 2. The van der Waals surface area contributed by atoms with Crippen molar-refractivity contribution in [2.24, 2.45) is 0 Å². The maximum atomic E-state index is 5.77. The van der Waals surface area contributed by atoms with E-state index in [9.17, 15) is 0 Å². The Labute approximate surface area is 85.9 Å². The van der Waals surface area contributed by atoms with Crippen LogP contribution in [0.3, 0.4) is 0 Å². The number of unbranched alkanes of at least 4 members (excludes halogenated alkanes) is 4. The topological polar surface area (TPSA) is 0 Å². The Morgan fingerprint density at radius 2 is 1.64 bits per heavy atom. The largest absolute Gasteiger partial charge is 0.146 e. The van der Waals surface area contributed by atoms with Crippen molar-refractivity contribution >= 4 is 36.9 Å². The molecule has 0 bridgehead atoms. The SMILES string of the molecule is CCCCCCCC(S)(S)Cl. The number of halogens is 1. The number of rotatable bonds is 6. The molecule has 0 unspecified atom stereocenters. The Kier molecular flexibility index (Phi) is 7.08. The first kappa shape index (κ1) is 12.0. The second-order valence-corrected chi connectivity index (χ2v) is 5.94. The van der Waals surface area contributed by atoms with E-state index >= 15 is 0 Å². The minimum absolute atomic E-state index is 0.591. The van der Waals surface area contributed by atoms with Crippen LogP contribution in [0.5, 0.6) is 0 Å². The maximum absolute atomic E-state index is 5.77. The van der Waals surface area contributed by atoms with Crippen LogP contribution in [0.25, 0.3) is 0 Å². The molecule has 0 aliphatic carbocycles. The fraction of sp³-hybridized carbons (Fsp3) is 1.00. The average Bonchev–Trinajstić information content (AvgIpc) is 1.85. The minimum atomic E-state index is -0.591. The molecule has 0 atom stereocenters. The standard InChI is InChI=1S/C8H17ClS2/c1-2-3-4-5-6-7-8(9,10)11/h10-11H,2-7H2,1H3. The monoisotopic (exact) mass is 212 g/mol. The van der Waals surface area contributed by atoms with Crippen LogP contribution in [0.15, 0.2) is 0 Å². The summed E-state index contributed by atoms with van der Waals surface area (Å²) in [4.78, 5) is 0. The molecule has 0 heterocycles. The third kappa shape index (κ3) is 11.0. The second-order valence-electron chi connectivity index (χ2n) is 2.88. The zero-order chi connectivity index (χ0) is 8.74. The molecule has 0 saturated heterocycles. The van der Waals surface area contributed by atoms with Crippen LogP contribution in [-0.2, 0) is 0 Å². The molecule has 0 aliphatic rings. The fourth-order valence-electron chi connectivity index (χ4n) is 0.953. The number of thiol groups is 2. The van der Waals surface area contributed by atoms with Crippen molar-refractivity contribution in [3.05, 3.63) is 0 Å². The first-order valence-electron chi connectivity index (χ1n) is 4.20. The van der Waals surface area contributed by atoms with Gasteiger partial charge in [0.15, 0.2) is 0 Å². The van der Waals surface area contributed by atoms with Gasteiger partial charge in [0.25, 0.3) is 0 Å². The zero-order valence-corrected chi connectivity index (χ0v) is 9.56. The van der Waals surface area contributed by atoms with Gasteiger partial charge in [0.2, 0.25) is 0 Å². The van der Waals surface area contributed by atoms with Crippen LogP contribution in [0.2, 0.25) is 0 Å². The number of alkyl halides is 1. The molecule has 0 aromatic heterocycles. The minimum Gasteiger partial charge on any atom is -0.146 e. The van der Waals surface area contributed by atoms with E-state index in [1.807, 2.05) is 0 Å². The lowest BCUT2D eigenvalue weighted by Crippen LogP contribution is -2.01. The quantitative estimate of drug-likeness (QED) is 0.282. The Hall–Kier alpha value is 0.990. The highest BCUT2D eigenvalue weighted by molar-refractivity contribution is 8.02. The van der Waals surface area contributed by atoms with Crippen LogP contribution < -0.4 is 0 Å². The van der Waals surface area contributed by atoms with E-state index < -0.39 is 3.54 Å². The van der Waals surface area contributed by atoms with E-state index in [4.69, 9.17) is 11.6 Å². The lowest BCUT2D eigenvalue weighted by Gasteiger charge is -2.12. The lowest BCUT2D eigenvalue weighted by molar-refractivity contribution is 0.616. The molecular formula is C8H17ClS2. The smallest absolute Gasteiger partial charge is 0.129 e. The molecule has 0 fully saturated rings. The van der Waals surface area contributed by atoms with Gasteiger partial charge in [-0.15, -0.1) is 25.3 Å². The number of hydrogen-bond donors (Lipinski definition) is 2. The van der Waals surface area contributed by atoms with Gasteiger partial charge in [-0.1, -0.05) is 44.2 Å². The van der Waals surface area contributed by atoms with Gasteiger partial charge in [-0.3, -0.25) is 0 Å². The molecule has 0 aromatic carbocycles. The Morgan fingerprint density at radius 3 is 2.09 bits per heavy atom. The van der Waals surface area contributed by atoms with Crippen LogP contribution in [0, 0.1) is 0 Å². The first-order valence-corrected chi connectivity index (χ1v) is 5.47. The van der Waals surface area contributed by atoms with Crippen molar-refractivity contribution in [1.29, 1.82) is 0 Å². The summed E-state index contributed by atoms with van der Waals surface area (Å²) in [7, 11) is 0. The summed E-state index contributed by atoms with van der Waals surface area (Å²) in [5.41, 5.74) is 0. The zero-order valence-electron chi connectivity index (χ0n) is 7.02. The van der Waals surface area contributed by atoms with Gasteiger partial charge in [-0.05, 0) is 12.8 Å².